The van der Waals surface area contributed by atoms with Crippen LogP contribution in [0.3, 0.4) is 0 Å². The molecule has 0 heterocycles. The third kappa shape index (κ3) is 6.91. The maximum atomic E-state index is 12.0. The summed E-state index contributed by atoms with van der Waals surface area (Å²) >= 11 is 3.41. The number of nitrogens with zero attached hydrogens (tertiary/aromatic N) is 1. The predicted octanol–water partition coefficient (Wildman–Crippen LogP) is 4.83. The molecule has 22 heavy (non-hydrogen) atoms. The Labute approximate surface area is 141 Å². The van der Waals surface area contributed by atoms with E-state index in [9.17, 15) is 4.79 Å². The molecular formula is C18H23BrN2O. The number of nitrogens with one attached hydrogen (secondary N) is 1. The molecule has 0 saturated carbocycles. The summed E-state index contributed by atoms with van der Waals surface area (Å²) in [5.74, 6) is -0.299. The van der Waals surface area contributed by atoms with Gasteiger partial charge in [-0.1, -0.05) is 73.2 Å². The summed E-state index contributed by atoms with van der Waals surface area (Å²) in [5, 5.41) is 12.0. The second-order valence-corrected chi connectivity index (χ2v) is 6.07. The summed E-state index contributed by atoms with van der Waals surface area (Å²) in [4.78, 5) is 12.0. The number of rotatable bonds is 9. The molecule has 0 spiro atoms. The van der Waals surface area contributed by atoms with E-state index in [0.717, 1.165) is 22.9 Å². The molecule has 1 rings (SSSR count). The van der Waals surface area contributed by atoms with Crippen LogP contribution in [0.1, 0.15) is 51.0 Å². The van der Waals surface area contributed by atoms with E-state index in [1.165, 1.54) is 25.7 Å². The minimum atomic E-state index is -0.299. The second kappa shape index (κ2) is 11.0. The SMILES string of the molecule is CCCCCCCCNC(=O)/C(C#N)=C/c1ccccc1Br. The van der Waals surface area contributed by atoms with Crippen molar-refractivity contribution in [3.05, 3.63) is 39.9 Å². The number of nitriles is 1. The number of benzene rings is 1. The van der Waals surface area contributed by atoms with Gasteiger partial charge in [-0.3, -0.25) is 4.79 Å². The molecule has 0 saturated heterocycles. The molecule has 1 amide bonds. The Balaban J connectivity index is 2.43. The van der Waals surface area contributed by atoms with Gasteiger partial charge < -0.3 is 5.32 Å². The van der Waals surface area contributed by atoms with Crippen molar-refractivity contribution in [3.8, 4) is 6.07 Å². The number of unbranched alkanes of at least 4 members (excludes halogenated alkanes) is 5. The van der Waals surface area contributed by atoms with Crippen molar-refractivity contribution in [2.45, 2.75) is 45.4 Å². The minimum Gasteiger partial charge on any atom is -0.351 e. The largest absolute Gasteiger partial charge is 0.351 e. The summed E-state index contributed by atoms with van der Waals surface area (Å²) in [6.45, 7) is 2.82. The van der Waals surface area contributed by atoms with Crippen LogP contribution in [0.2, 0.25) is 0 Å². The molecule has 0 fully saturated rings. The van der Waals surface area contributed by atoms with E-state index < -0.39 is 0 Å². The standard InChI is InChI=1S/C18H23BrN2O/c1-2-3-4-5-6-9-12-21-18(22)16(14-20)13-15-10-7-8-11-17(15)19/h7-8,10-11,13H,2-6,9,12H2,1H3,(H,21,22)/b16-13+. The Kier molecular flexibility index (Phi) is 9.25. The molecule has 0 atom stereocenters. The van der Waals surface area contributed by atoms with E-state index in [0.29, 0.717) is 6.54 Å². The van der Waals surface area contributed by atoms with E-state index in [4.69, 9.17) is 5.26 Å². The van der Waals surface area contributed by atoms with Crippen LogP contribution in [0.15, 0.2) is 34.3 Å². The first-order valence-corrected chi connectivity index (χ1v) is 8.63. The summed E-state index contributed by atoms with van der Waals surface area (Å²) < 4.78 is 0.867. The Hall–Kier alpha value is -1.60. The molecular weight excluding hydrogens is 340 g/mol. The van der Waals surface area contributed by atoms with Gasteiger partial charge in [0.15, 0.2) is 0 Å². The van der Waals surface area contributed by atoms with Gasteiger partial charge in [-0.05, 0) is 24.1 Å². The molecule has 0 bridgehead atoms. The van der Waals surface area contributed by atoms with E-state index in [1.807, 2.05) is 30.3 Å². The smallest absolute Gasteiger partial charge is 0.261 e. The first-order valence-electron chi connectivity index (χ1n) is 7.83. The van der Waals surface area contributed by atoms with Crippen LogP contribution in [-0.2, 0) is 4.79 Å². The number of hydrogen-bond donors (Lipinski definition) is 1. The Morgan fingerprint density at radius 2 is 1.91 bits per heavy atom. The average molecular weight is 363 g/mol. The molecule has 4 heteroatoms. The Morgan fingerprint density at radius 3 is 2.59 bits per heavy atom. The van der Waals surface area contributed by atoms with Crippen LogP contribution in [0.25, 0.3) is 6.08 Å². The van der Waals surface area contributed by atoms with E-state index >= 15 is 0 Å². The lowest BCUT2D eigenvalue weighted by Crippen LogP contribution is -2.25. The van der Waals surface area contributed by atoms with Crippen LogP contribution in [0.4, 0.5) is 0 Å². The van der Waals surface area contributed by atoms with Gasteiger partial charge in [-0.25, -0.2) is 0 Å². The van der Waals surface area contributed by atoms with Crippen molar-refractivity contribution in [1.82, 2.24) is 5.32 Å². The van der Waals surface area contributed by atoms with Gasteiger partial charge in [-0.15, -0.1) is 0 Å². The van der Waals surface area contributed by atoms with Gasteiger partial charge in [0.25, 0.3) is 5.91 Å². The van der Waals surface area contributed by atoms with Crippen molar-refractivity contribution in [3.63, 3.8) is 0 Å². The first-order chi connectivity index (χ1) is 10.7. The van der Waals surface area contributed by atoms with Gasteiger partial charge in [0.1, 0.15) is 11.6 Å². The second-order valence-electron chi connectivity index (χ2n) is 5.21. The third-order valence-electron chi connectivity index (χ3n) is 3.39. The van der Waals surface area contributed by atoms with Crippen molar-refractivity contribution >= 4 is 27.9 Å². The van der Waals surface area contributed by atoms with Crippen molar-refractivity contribution in [1.29, 1.82) is 5.26 Å². The molecule has 1 aromatic carbocycles. The topological polar surface area (TPSA) is 52.9 Å². The van der Waals surface area contributed by atoms with Gasteiger partial charge in [0.05, 0.1) is 0 Å². The molecule has 0 aromatic heterocycles. The van der Waals surface area contributed by atoms with Gasteiger partial charge >= 0.3 is 0 Å². The molecule has 0 radical (unpaired) electrons. The average Bonchev–Trinajstić information content (AvgIpc) is 2.53. The highest BCUT2D eigenvalue weighted by Gasteiger charge is 2.09. The van der Waals surface area contributed by atoms with Crippen LogP contribution in [0.5, 0.6) is 0 Å². The summed E-state index contributed by atoms with van der Waals surface area (Å²) in [7, 11) is 0. The third-order valence-corrected chi connectivity index (χ3v) is 4.11. The predicted molar refractivity (Wildman–Crippen MR) is 94.1 cm³/mol. The fourth-order valence-corrected chi connectivity index (χ4v) is 2.50. The Bertz CT molecular complexity index is 546. The fourth-order valence-electron chi connectivity index (χ4n) is 2.10. The lowest BCUT2D eigenvalue weighted by atomic mass is 10.1. The van der Waals surface area contributed by atoms with Crippen LogP contribution in [0, 0.1) is 11.3 Å². The summed E-state index contributed by atoms with van der Waals surface area (Å²) in [6, 6.07) is 9.49. The summed E-state index contributed by atoms with van der Waals surface area (Å²) in [6.07, 6.45) is 8.68. The van der Waals surface area contributed by atoms with Crippen LogP contribution in [-0.4, -0.2) is 12.5 Å². The normalized spacial score (nSPS) is 11.0. The lowest BCUT2D eigenvalue weighted by molar-refractivity contribution is -0.117. The first kappa shape index (κ1) is 18.4. The van der Waals surface area contributed by atoms with Gasteiger partial charge in [0.2, 0.25) is 0 Å². The minimum absolute atomic E-state index is 0.137. The zero-order chi connectivity index (χ0) is 16.2. The van der Waals surface area contributed by atoms with Gasteiger partial charge in [0, 0.05) is 11.0 Å². The fraction of sp³-hybridized carbons (Fsp3) is 0.444. The van der Waals surface area contributed by atoms with E-state index in [-0.39, 0.29) is 11.5 Å². The highest BCUT2D eigenvalue weighted by molar-refractivity contribution is 9.10. The molecule has 0 aliphatic rings. The Morgan fingerprint density at radius 1 is 1.23 bits per heavy atom. The molecule has 0 unspecified atom stereocenters. The van der Waals surface area contributed by atoms with E-state index in [2.05, 4.69) is 28.2 Å². The number of halogens is 1. The molecule has 118 valence electrons. The highest BCUT2D eigenvalue weighted by Crippen LogP contribution is 2.18. The maximum absolute atomic E-state index is 12.0. The summed E-state index contributed by atoms with van der Waals surface area (Å²) in [5.41, 5.74) is 0.964. The van der Waals surface area contributed by atoms with E-state index in [1.54, 1.807) is 6.08 Å². The van der Waals surface area contributed by atoms with Crippen molar-refractivity contribution < 1.29 is 4.79 Å². The quantitative estimate of drug-likeness (QED) is 0.388. The zero-order valence-electron chi connectivity index (χ0n) is 13.1. The maximum Gasteiger partial charge on any atom is 0.261 e. The van der Waals surface area contributed by atoms with Crippen molar-refractivity contribution in [2.75, 3.05) is 6.54 Å². The van der Waals surface area contributed by atoms with Crippen LogP contribution >= 0.6 is 15.9 Å². The zero-order valence-corrected chi connectivity index (χ0v) is 14.7. The number of amides is 1. The molecule has 3 nitrogen and oxygen atoms in total. The van der Waals surface area contributed by atoms with Crippen molar-refractivity contribution in [2.24, 2.45) is 0 Å². The number of carbonyl (C=O) groups is 1. The molecule has 0 aliphatic heterocycles. The number of hydrogen-bond acceptors (Lipinski definition) is 2. The molecule has 1 aromatic rings. The molecule has 1 N–H and O–H groups in total. The highest BCUT2D eigenvalue weighted by atomic mass is 79.9. The number of carbonyl (C=O) groups excluding carboxylic acids is 1. The monoisotopic (exact) mass is 362 g/mol. The molecule has 0 aliphatic carbocycles. The lowest BCUT2D eigenvalue weighted by Gasteiger charge is -2.05. The van der Waals surface area contributed by atoms with Crippen LogP contribution < -0.4 is 5.32 Å². The van der Waals surface area contributed by atoms with Gasteiger partial charge in [-0.2, -0.15) is 5.26 Å².